The molecule has 0 bridgehead atoms. The number of halogens is 3. The highest BCUT2D eigenvalue weighted by Crippen LogP contribution is 2.29. The summed E-state index contributed by atoms with van der Waals surface area (Å²) >= 11 is 16.2. The van der Waals surface area contributed by atoms with Crippen molar-refractivity contribution in [3.63, 3.8) is 0 Å². The second-order valence-corrected chi connectivity index (χ2v) is 5.68. The lowest BCUT2D eigenvalue weighted by Gasteiger charge is -2.10. The Labute approximate surface area is 113 Å². The third kappa shape index (κ3) is 3.03. The van der Waals surface area contributed by atoms with Crippen LogP contribution in [-0.2, 0) is 4.79 Å². The van der Waals surface area contributed by atoms with Crippen LogP contribution in [0, 0.1) is 0 Å². The molecule has 0 aliphatic carbocycles. The fourth-order valence-corrected chi connectivity index (χ4v) is 1.51. The van der Waals surface area contributed by atoms with E-state index in [1.807, 2.05) is 30.3 Å². The van der Waals surface area contributed by atoms with E-state index in [-0.39, 0.29) is 0 Å². The second kappa shape index (κ2) is 4.73. The van der Waals surface area contributed by atoms with Crippen molar-refractivity contribution in [2.45, 2.75) is 3.79 Å². The summed E-state index contributed by atoms with van der Waals surface area (Å²) in [7, 11) is 0. The molecule has 0 aliphatic rings. The van der Waals surface area contributed by atoms with Crippen LogP contribution in [-0.4, -0.2) is 9.76 Å². The number of ether oxygens (including phenoxy) is 1. The fraction of sp³-hybridized carbons (Fsp3) is 0.0833. The molecule has 0 spiro atoms. The van der Waals surface area contributed by atoms with Crippen LogP contribution >= 0.6 is 34.8 Å². The van der Waals surface area contributed by atoms with Crippen molar-refractivity contribution in [1.29, 1.82) is 0 Å². The summed E-state index contributed by atoms with van der Waals surface area (Å²) in [6.45, 7) is 0. The van der Waals surface area contributed by atoms with E-state index in [2.05, 4.69) is 0 Å². The van der Waals surface area contributed by atoms with Crippen LogP contribution in [0.25, 0.3) is 10.8 Å². The summed E-state index contributed by atoms with van der Waals surface area (Å²) in [5.74, 6) is -0.571. The van der Waals surface area contributed by atoms with Gasteiger partial charge in [0.2, 0.25) is 0 Å². The topological polar surface area (TPSA) is 26.3 Å². The van der Waals surface area contributed by atoms with E-state index in [0.717, 1.165) is 10.8 Å². The monoisotopic (exact) mass is 288 g/mol. The molecule has 0 saturated heterocycles. The number of rotatable bonds is 1. The molecule has 0 amide bonds. The number of esters is 1. The standard InChI is InChI=1S/C12H7Cl3O2/c13-12(14,15)11(16)17-10-6-5-8-3-1-2-4-9(8)7-10/h1-7H. The lowest BCUT2D eigenvalue weighted by atomic mass is 10.1. The molecule has 0 N–H and O–H groups in total. The minimum atomic E-state index is -2.06. The molecule has 17 heavy (non-hydrogen) atoms. The Bertz CT molecular complexity index is 561. The quantitative estimate of drug-likeness (QED) is 0.448. The van der Waals surface area contributed by atoms with E-state index in [1.165, 1.54) is 0 Å². The zero-order valence-corrected chi connectivity index (χ0v) is 10.8. The van der Waals surface area contributed by atoms with E-state index < -0.39 is 9.76 Å². The number of carbonyl (C=O) groups excluding carboxylic acids is 1. The minimum Gasteiger partial charge on any atom is -0.423 e. The van der Waals surface area contributed by atoms with Gasteiger partial charge in [0.1, 0.15) is 5.75 Å². The molecular weight excluding hydrogens is 282 g/mol. The van der Waals surface area contributed by atoms with Crippen LogP contribution in [0.4, 0.5) is 0 Å². The summed E-state index contributed by atoms with van der Waals surface area (Å²) in [4.78, 5) is 11.4. The van der Waals surface area contributed by atoms with Gasteiger partial charge in [-0.2, -0.15) is 0 Å². The van der Waals surface area contributed by atoms with E-state index >= 15 is 0 Å². The van der Waals surface area contributed by atoms with Crippen LogP contribution in [0.15, 0.2) is 42.5 Å². The third-order valence-electron chi connectivity index (χ3n) is 2.16. The van der Waals surface area contributed by atoms with Crippen molar-refractivity contribution in [3.05, 3.63) is 42.5 Å². The number of hydrogen-bond acceptors (Lipinski definition) is 2. The van der Waals surface area contributed by atoms with Gasteiger partial charge in [0.25, 0.3) is 3.79 Å². The molecule has 0 saturated carbocycles. The van der Waals surface area contributed by atoms with Gasteiger partial charge in [-0.15, -0.1) is 0 Å². The maximum absolute atomic E-state index is 11.4. The van der Waals surface area contributed by atoms with Crippen molar-refractivity contribution in [2.24, 2.45) is 0 Å². The van der Waals surface area contributed by atoms with Crippen LogP contribution < -0.4 is 4.74 Å². The summed E-state index contributed by atoms with van der Waals surface area (Å²) in [6, 6.07) is 12.9. The van der Waals surface area contributed by atoms with Crippen molar-refractivity contribution < 1.29 is 9.53 Å². The largest absolute Gasteiger partial charge is 0.423 e. The first kappa shape index (κ1) is 12.5. The van der Waals surface area contributed by atoms with Crippen molar-refractivity contribution >= 4 is 51.5 Å². The number of alkyl halides is 3. The van der Waals surface area contributed by atoms with Crippen LogP contribution in [0.3, 0.4) is 0 Å². The van der Waals surface area contributed by atoms with E-state index in [1.54, 1.807) is 12.1 Å². The molecule has 2 aromatic rings. The maximum atomic E-state index is 11.4. The molecular formula is C12H7Cl3O2. The highest BCUT2D eigenvalue weighted by Gasteiger charge is 2.33. The first-order valence-corrected chi connectivity index (χ1v) is 5.88. The van der Waals surface area contributed by atoms with Crippen LogP contribution in [0.1, 0.15) is 0 Å². The molecule has 0 radical (unpaired) electrons. The van der Waals surface area contributed by atoms with Gasteiger partial charge in [0, 0.05) is 0 Å². The summed E-state index contributed by atoms with van der Waals surface area (Å²) < 4.78 is 2.89. The molecule has 0 aromatic heterocycles. The lowest BCUT2D eigenvalue weighted by molar-refractivity contribution is -0.133. The minimum absolute atomic E-state index is 0.347. The average Bonchev–Trinajstić information content (AvgIpc) is 2.27. The molecule has 2 aromatic carbocycles. The second-order valence-electron chi connectivity index (χ2n) is 3.40. The molecule has 5 heteroatoms. The lowest BCUT2D eigenvalue weighted by Crippen LogP contribution is -2.24. The van der Waals surface area contributed by atoms with Gasteiger partial charge in [0.15, 0.2) is 0 Å². The number of fused-ring (bicyclic) bond motifs is 1. The first-order valence-electron chi connectivity index (χ1n) is 4.74. The third-order valence-corrected chi connectivity index (χ3v) is 2.63. The van der Waals surface area contributed by atoms with Crippen molar-refractivity contribution in [1.82, 2.24) is 0 Å². The van der Waals surface area contributed by atoms with E-state index in [4.69, 9.17) is 39.5 Å². The summed E-state index contributed by atoms with van der Waals surface area (Å²) in [6.07, 6.45) is 0. The normalized spacial score (nSPS) is 11.5. The van der Waals surface area contributed by atoms with Gasteiger partial charge >= 0.3 is 5.97 Å². The summed E-state index contributed by atoms with van der Waals surface area (Å²) in [5, 5.41) is 1.99. The smallest absolute Gasteiger partial charge is 0.363 e. The molecule has 0 atom stereocenters. The number of carbonyl (C=O) groups is 1. The van der Waals surface area contributed by atoms with Gasteiger partial charge in [-0.05, 0) is 22.9 Å². The predicted octanol–water partition coefficient (Wildman–Crippen LogP) is 4.12. The van der Waals surface area contributed by atoms with Gasteiger partial charge in [-0.1, -0.05) is 65.1 Å². The number of hydrogen-bond donors (Lipinski definition) is 0. The Kier molecular flexibility index (Phi) is 3.48. The Morgan fingerprint density at radius 2 is 1.65 bits per heavy atom. The molecule has 2 rings (SSSR count). The first-order chi connectivity index (χ1) is 7.97. The fourth-order valence-electron chi connectivity index (χ4n) is 1.40. The predicted molar refractivity (Wildman–Crippen MR) is 69.9 cm³/mol. The zero-order valence-electron chi connectivity index (χ0n) is 8.49. The van der Waals surface area contributed by atoms with E-state index in [0.29, 0.717) is 5.75 Å². The number of benzene rings is 2. The van der Waals surface area contributed by atoms with Gasteiger partial charge in [-0.3, -0.25) is 0 Å². The highest BCUT2D eigenvalue weighted by atomic mass is 35.6. The molecule has 2 nitrogen and oxygen atoms in total. The highest BCUT2D eigenvalue weighted by molar-refractivity contribution is 6.75. The Hall–Kier alpha value is -0.960. The van der Waals surface area contributed by atoms with Gasteiger partial charge in [0.05, 0.1) is 0 Å². The molecule has 0 unspecified atom stereocenters. The Morgan fingerprint density at radius 1 is 1.00 bits per heavy atom. The van der Waals surface area contributed by atoms with Crippen LogP contribution in [0.5, 0.6) is 5.75 Å². The molecule has 0 aliphatic heterocycles. The Balaban J connectivity index is 2.29. The van der Waals surface area contributed by atoms with Crippen molar-refractivity contribution in [2.75, 3.05) is 0 Å². The zero-order chi connectivity index (χ0) is 12.5. The molecule has 0 heterocycles. The average molecular weight is 290 g/mol. The van der Waals surface area contributed by atoms with Crippen LogP contribution in [0.2, 0.25) is 0 Å². The van der Waals surface area contributed by atoms with Gasteiger partial charge < -0.3 is 4.74 Å². The summed E-state index contributed by atoms with van der Waals surface area (Å²) in [5.41, 5.74) is 0. The SMILES string of the molecule is O=C(Oc1ccc2ccccc2c1)C(Cl)(Cl)Cl. The maximum Gasteiger partial charge on any atom is 0.363 e. The van der Waals surface area contributed by atoms with Gasteiger partial charge in [-0.25, -0.2) is 4.79 Å². The Morgan fingerprint density at radius 3 is 2.29 bits per heavy atom. The van der Waals surface area contributed by atoms with E-state index in [9.17, 15) is 4.79 Å². The van der Waals surface area contributed by atoms with Crippen molar-refractivity contribution in [3.8, 4) is 5.75 Å². The molecule has 88 valence electrons. The molecule has 0 fully saturated rings.